The fourth-order valence-electron chi connectivity index (χ4n) is 2.59. The molecule has 2 amide bonds. The lowest BCUT2D eigenvalue weighted by atomic mass is 9.97. The van der Waals surface area contributed by atoms with E-state index < -0.39 is 17.9 Å². The summed E-state index contributed by atoms with van der Waals surface area (Å²) in [6.07, 6.45) is 8.86. The zero-order valence-corrected chi connectivity index (χ0v) is 13.5. The Labute approximate surface area is 136 Å². The van der Waals surface area contributed by atoms with Crippen LogP contribution in [0.1, 0.15) is 44.0 Å². The number of amides is 2. The zero-order chi connectivity index (χ0) is 16.5. The molecule has 0 aliphatic heterocycles. The van der Waals surface area contributed by atoms with Gasteiger partial charge in [0.05, 0.1) is 12.8 Å². The molecule has 126 valence electrons. The molecule has 0 saturated carbocycles. The van der Waals surface area contributed by atoms with Gasteiger partial charge in [0, 0.05) is 13.7 Å². The first kappa shape index (κ1) is 17.3. The number of hydrogen-bond donors (Lipinski definition) is 2. The van der Waals surface area contributed by atoms with Crippen molar-refractivity contribution in [2.75, 3.05) is 20.2 Å². The maximum absolute atomic E-state index is 11.8. The minimum absolute atomic E-state index is 0.182. The third-order valence-corrected chi connectivity index (χ3v) is 3.92. The fourth-order valence-corrected chi connectivity index (χ4v) is 2.59. The molecular weight excluding hydrogens is 296 g/mol. The molecule has 0 unspecified atom stereocenters. The molecule has 0 radical (unpaired) electrons. The van der Waals surface area contributed by atoms with Crippen LogP contribution >= 0.6 is 0 Å². The van der Waals surface area contributed by atoms with Crippen molar-refractivity contribution in [1.29, 1.82) is 0 Å². The van der Waals surface area contributed by atoms with Gasteiger partial charge in [-0.3, -0.25) is 9.59 Å². The number of furan rings is 1. The van der Waals surface area contributed by atoms with Gasteiger partial charge in [0.2, 0.25) is 0 Å². The van der Waals surface area contributed by atoms with E-state index in [-0.39, 0.29) is 6.54 Å². The van der Waals surface area contributed by atoms with Crippen molar-refractivity contribution >= 4 is 11.8 Å². The average molecular weight is 320 g/mol. The number of carbonyl (C=O) groups is 2. The van der Waals surface area contributed by atoms with E-state index in [4.69, 9.17) is 9.15 Å². The van der Waals surface area contributed by atoms with Crippen LogP contribution in [0.2, 0.25) is 0 Å². The maximum atomic E-state index is 11.8. The van der Waals surface area contributed by atoms with Gasteiger partial charge in [-0.25, -0.2) is 0 Å². The van der Waals surface area contributed by atoms with Crippen molar-refractivity contribution < 1.29 is 18.7 Å². The van der Waals surface area contributed by atoms with Gasteiger partial charge in [0.25, 0.3) is 0 Å². The van der Waals surface area contributed by atoms with Crippen LogP contribution in [0, 0.1) is 0 Å². The Morgan fingerprint density at radius 3 is 2.78 bits per heavy atom. The van der Waals surface area contributed by atoms with Crippen LogP contribution in [0.5, 0.6) is 0 Å². The third-order valence-electron chi connectivity index (χ3n) is 3.92. The SMILES string of the molecule is CO[C@H](CNC(=O)C(=O)NCCC1=CCCCC1)c1ccco1. The van der Waals surface area contributed by atoms with Gasteiger partial charge in [0.1, 0.15) is 11.9 Å². The molecule has 0 saturated heterocycles. The number of nitrogens with one attached hydrogen (secondary N) is 2. The van der Waals surface area contributed by atoms with Crippen LogP contribution in [-0.2, 0) is 14.3 Å². The highest BCUT2D eigenvalue weighted by Gasteiger charge is 2.18. The number of rotatable bonds is 7. The normalized spacial score (nSPS) is 15.6. The van der Waals surface area contributed by atoms with Crippen molar-refractivity contribution in [2.24, 2.45) is 0 Å². The lowest BCUT2D eigenvalue weighted by molar-refractivity contribution is -0.139. The summed E-state index contributed by atoms with van der Waals surface area (Å²) in [5, 5.41) is 5.21. The van der Waals surface area contributed by atoms with E-state index >= 15 is 0 Å². The molecule has 1 aliphatic carbocycles. The van der Waals surface area contributed by atoms with Crippen molar-refractivity contribution in [2.45, 2.75) is 38.2 Å². The Kier molecular flexibility index (Phi) is 6.87. The summed E-state index contributed by atoms with van der Waals surface area (Å²) in [5.41, 5.74) is 1.37. The number of carbonyl (C=O) groups excluding carboxylic acids is 2. The number of ether oxygens (including phenoxy) is 1. The van der Waals surface area contributed by atoms with Crippen LogP contribution in [0.15, 0.2) is 34.5 Å². The van der Waals surface area contributed by atoms with Crippen LogP contribution in [0.3, 0.4) is 0 Å². The summed E-state index contributed by atoms with van der Waals surface area (Å²) in [4.78, 5) is 23.6. The quantitative estimate of drug-likeness (QED) is 0.595. The van der Waals surface area contributed by atoms with E-state index in [1.165, 1.54) is 31.8 Å². The summed E-state index contributed by atoms with van der Waals surface area (Å²) in [7, 11) is 1.53. The lowest BCUT2D eigenvalue weighted by Crippen LogP contribution is -2.41. The molecule has 1 heterocycles. The average Bonchev–Trinajstić information content (AvgIpc) is 3.10. The topological polar surface area (TPSA) is 80.6 Å². The first-order valence-corrected chi connectivity index (χ1v) is 8.01. The van der Waals surface area contributed by atoms with Gasteiger partial charge in [-0.05, 0) is 44.2 Å². The van der Waals surface area contributed by atoms with E-state index in [1.54, 1.807) is 12.1 Å². The molecule has 23 heavy (non-hydrogen) atoms. The van der Waals surface area contributed by atoms with Gasteiger partial charge in [0.15, 0.2) is 0 Å². The molecule has 1 aliphatic rings. The Balaban J connectivity index is 1.68. The summed E-state index contributed by atoms with van der Waals surface area (Å²) < 4.78 is 10.5. The Morgan fingerprint density at radius 2 is 2.13 bits per heavy atom. The van der Waals surface area contributed by atoms with Gasteiger partial charge in [-0.2, -0.15) is 0 Å². The highest BCUT2D eigenvalue weighted by molar-refractivity contribution is 6.35. The number of methoxy groups -OCH3 is 1. The molecule has 2 rings (SSSR count). The lowest BCUT2D eigenvalue weighted by Gasteiger charge is -2.14. The van der Waals surface area contributed by atoms with Crippen molar-refractivity contribution in [3.8, 4) is 0 Å². The second-order valence-electron chi connectivity index (χ2n) is 5.56. The van der Waals surface area contributed by atoms with E-state index in [0.29, 0.717) is 12.3 Å². The first-order chi connectivity index (χ1) is 11.2. The second kappa shape index (κ2) is 9.15. The van der Waals surface area contributed by atoms with Gasteiger partial charge in [-0.15, -0.1) is 0 Å². The van der Waals surface area contributed by atoms with E-state index in [0.717, 1.165) is 19.3 Å². The molecule has 6 nitrogen and oxygen atoms in total. The summed E-state index contributed by atoms with van der Waals surface area (Å²) in [6.45, 7) is 0.672. The highest BCUT2D eigenvalue weighted by atomic mass is 16.5. The van der Waals surface area contributed by atoms with Crippen molar-refractivity contribution in [1.82, 2.24) is 10.6 Å². The van der Waals surface area contributed by atoms with E-state index in [9.17, 15) is 9.59 Å². The molecule has 0 bridgehead atoms. The second-order valence-corrected chi connectivity index (χ2v) is 5.56. The predicted octanol–water partition coefficient (Wildman–Crippen LogP) is 2.09. The van der Waals surface area contributed by atoms with Gasteiger partial charge in [-0.1, -0.05) is 11.6 Å². The van der Waals surface area contributed by atoms with Crippen molar-refractivity contribution in [3.63, 3.8) is 0 Å². The van der Waals surface area contributed by atoms with Crippen LogP contribution in [0.25, 0.3) is 0 Å². The summed E-state index contributed by atoms with van der Waals surface area (Å²) in [6, 6.07) is 3.51. The Bertz CT molecular complexity index is 537. The molecule has 0 aromatic carbocycles. The van der Waals surface area contributed by atoms with Gasteiger partial charge < -0.3 is 19.8 Å². The maximum Gasteiger partial charge on any atom is 0.309 e. The Hall–Kier alpha value is -2.08. The molecule has 2 N–H and O–H groups in total. The fraction of sp³-hybridized carbons (Fsp3) is 0.529. The molecule has 1 aromatic rings. The Morgan fingerprint density at radius 1 is 1.30 bits per heavy atom. The smallest absolute Gasteiger partial charge is 0.309 e. The van der Waals surface area contributed by atoms with Crippen LogP contribution in [-0.4, -0.2) is 32.0 Å². The standard InChI is InChI=1S/C17H24N2O4/c1-22-15(14-8-5-11-23-14)12-19-17(21)16(20)18-10-9-13-6-3-2-4-7-13/h5-6,8,11,15H,2-4,7,9-10,12H2,1H3,(H,18,20)(H,19,21)/t15-/m1/s1. The molecule has 0 fully saturated rings. The third kappa shape index (κ3) is 5.56. The van der Waals surface area contributed by atoms with E-state index in [1.807, 2.05) is 0 Å². The van der Waals surface area contributed by atoms with Gasteiger partial charge >= 0.3 is 11.8 Å². The highest BCUT2D eigenvalue weighted by Crippen LogP contribution is 2.19. The summed E-state index contributed by atoms with van der Waals surface area (Å²) >= 11 is 0. The molecule has 1 aromatic heterocycles. The molecule has 1 atom stereocenters. The monoisotopic (exact) mass is 320 g/mol. The minimum Gasteiger partial charge on any atom is -0.467 e. The molecule has 6 heteroatoms. The number of allylic oxidation sites excluding steroid dienone is 1. The first-order valence-electron chi connectivity index (χ1n) is 8.01. The van der Waals surface area contributed by atoms with Crippen LogP contribution < -0.4 is 10.6 Å². The van der Waals surface area contributed by atoms with E-state index in [2.05, 4.69) is 16.7 Å². The molecular formula is C17H24N2O4. The van der Waals surface area contributed by atoms with Crippen molar-refractivity contribution in [3.05, 3.63) is 35.8 Å². The van der Waals surface area contributed by atoms with Crippen LogP contribution in [0.4, 0.5) is 0 Å². The molecule has 0 spiro atoms. The largest absolute Gasteiger partial charge is 0.467 e. The summed E-state index contributed by atoms with van der Waals surface area (Å²) in [5.74, 6) is -0.663. The number of hydrogen-bond acceptors (Lipinski definition) is 4. The zero-order valence-electron chi connectivity index (χ0n) is 13.5. The predicted molar refractivity (Wildman–Crippen MR) is 85.6 cm³/mol. The minimum atomic E-state index is -0.656.